The molecule has 0 bridgehead atoms. The van der Waals surface area contributed by atoms with Crippen LogP contribution in [0.25, 0.3) is 0 Å². The van der Waals surface area contributed by atoms with E-state index in [1.165, 1.54) is 14.2 Å². The van der Waals surface area contributed by atoms with Crippen LogP contribution in [-0.2, 0) is 30.0 Å². The Labute approximate surface area is 150 Å². The van der Waals surface area contributed by atoms with Crippen molar-refractivity contribution in [3.05, 3.63) is 35.5 Å². The Morgan fingerprint density at radius 1 is 1.24 bits per heavy atom. The normalized spacial score (nSPS) is 23.0. The molecular weight excluding hydrogens is 342 g/mol. The van der Waals surface area contributed by atoms with Crippen molar-refractivity contribution in [3.63, 3.8) is 0 Å². The van der Waals surface area contributed by atoms with Gasteiger partial charge in [-0.15, -0.1) is 0 Å². The van der Waals surface area contributed by atoms with Gasteiger partial charge in [0.1, 0.15) is 0 Å². The molecule has 0 aliphatic heterocycles. The largest absolute Gasteiger partial charge is 0.468 e. The molecule has 0 fully saturated rings. The molecule has 0 radical (unpaired) electrons. The van der Waals surface area contributed by atoms with Gasteiger partial charge in [0.25, 0.3) is 0 Å². The van der Waals surface area contributed by atoms with Crippen molar-refractivity contribution in [2.75, 3.05) is 14.2 Å². The van der Waals surface area contributed by atoms with Gasteiger partial charge in [-0.2, -0.15) is 0 Å². The van der Waals surface area contributed by atoms with Gasteiger partial charge in [-0.3, -0.25) is 9.59 Å². The molecule has 2 rings (SSSR count). The van der Waals surface area contributed by atoms with Crippen LogP contribution in [0.4, 0.5) is 0 Å². The highest BCUT2D eigenvalue weighted by Crippen LogP contribution is 2.43. The predicted molar refractivity (Wildman–Crippen MR) is 95.8 cm³/mol. The Hall–Kier alpha value is -1.73. The van der Waals surface area contributed by atoms with Gasteiger partial charge in [0, 0.05) is 12.5 Å². The second-order valence-corrected chi connectivity index (χ2v) is 9.16. The predicted octanol–water partition coefficient (Wildman–Crippen LogP) is 1.96. The Bertz CT molecular complexity index is 668. The molecule has 2 unspecified atom stereocenters. The first kappa shape index (κ1) is 19.6. The summed E-state index contributed by atoms with van der Waals surface area (Å²) in [6.45, 7) is 5.70. The molecule has 0 saturated carbocycles. The first-order chi connectivity index (χ1) is 11.6. The van der Waals surface area contributed by atoms with Gasteiger partial charge >= 0.3 is 11.9 Å². The number of nitrogens with one attached hydrogen (secondary N) is 1. The zero-order valence-electron chi connectivity index (χ0n) is 15.3. The Morgan fingerprint density at radius 3 is 2.36 bits per heavy atom. The van der Waals surface area contributed by atoms with Gasteiger partial charge in [-0.05, 0) is 44.4 Å². The average molecular weight is 367 g/mol. The van der Waals surface area contributed by atoms with Gasteiger partial charge in [0.05, 0.1) is 30.0 Å². The Balaban J connectivity index is 2.33. The maximum atomic E-state index is 12.4. The van der Waals surface area contributed by atoms with Gasteiger partial charge in [0.15, 0.2) is 5.41 Å². The molecule has 0 aromatic carbocycles. The molecule has 1 N–H and O–H groups in total. The summed E-state index contributed by atoms with van der Waals surface area (Å²) in [6, 6.07) is -0.150. The fourth-order valence-electron chi connectivity index (χ4n) is 2.88. The van der Waals surface area contributed by atoms with Crippen molar-refractivity contribution in [3.8, 4) is 0 Å². The quantitative estimate of drug-likeness (QED) is 0.607. The van der Waals surface area contributed by atoms with E-state index in [0.29, 0.717) is 6.42 Å². The lowest BCUT2D eigenvalue weighted by Crippen LogP contribution is -2.39. The summed E-state index contributed by atoms with van der Waals surface area (Å²) in [5.41, 5.74) is 0.176. The zero-order chi connectivity index (χ0) is 18.8. The summed E-state index contributed by atoms with van der Waals surface area (Å²) >= 11 is 0. The molecule has 2 aliphatic carbocycles. The van der Waals surface area contributed by atoms with Gasteiger partial charge < -0.3 is 9.47 Å². The molecule has 2 atom stereocenters. The number of methoxy groups -OCH3 is 2. The van der Waals surface area contributed by atoms with Gasteiger partial charge in [0.2, 0.25) is 0 Å². The number of esters is 2. The Morgan fingerprint density at radius 2 is 1.84 bits per heavy atom. The van der Waals surface area contributed by atoms with Crippen LogP contribution in [0.5, 0.6) is 0 Å². The highest BCUT2D eigenvalue weighted by Gasteiger charge is 2.51. The summed E-state index contributed by atoms with van der Waals surface area (Å²) in [5, 5.41) is 0. The summed E-state index contributed by atoms with van der Waals surface area (Å²) < 4.78 is 24.8. The van der Waals surface area contributed by atoms with E-state index in [9.17, 15) is 13.8 Å². The van der Waals surface area contributed by atoms with E-state index in [4.69, 9.17) is 9.47 Å². The van der Waals surface area contributed by atoms with Crippen LogP contribution in [0, 0.1) is 5.41 Å². The van der Waals surface area contributed by atoms with Crippen LogP contribution in [0.3, 0.4) is 0 Å². The lowest BCUT2D eigenvalue weighted by Gasteiger charge is -2.23. The second-order valence-electron chi connectivity index (χ2n) is 7.17. The molecule has 138 valence electrons. The number of carbonyl (C=O) groups is 2. The third-order valence-electron chi connectivity index (χ3n) is 4.25. The molecule has 7 heteroatoms. The molecule has 0 aromatic heterocycles. The molecule has 25 heavy (non-hydrogen) atoms. The van der Waals surface area contributed by atoms with Crippen LogP contribution < -0.4 is 4.72 Å². The first-order valence-electron chi connectivity index (χ1n) is 8.09. The van der Waals surface area contributed by atoms with Crippen molar-refractivity contribution in [1.29, 1.82) is 0 Å². The lowest BCUT2D eigenvalue weighted by atomic mass is 9.86. The average Bonchev–Trinajstić information content (AvgIpc) is 2.82. The number of carbonyl (C=O) groups excluding carboxylic acids is 2. The number of hydrogen-bond acceptors (Lipinski definition) is 5. The van der Waals surface area contributed by atoms with E-state index >= 15 is 0 Å². The van der Waals surface area contributed by atoms with Crippen LogP contribution in [0.1, 0.15) is 33.6 Å². The maximum absolute atomic E-state index is 12.4. The number of fused-ring (bicyclic) bond motifs is 1. The van der Waals surface area contributed by atoms with Gasteiger partial charge in [-0.1, -0.05) is 18.2 Å². The fraction of sp³-hybridized carbons (Fsp3) is 0.556. The number of rotatable bonds is 4. The SMILES string of the molecule is COC(=O)C1(C(=O)OC)C=C2C=CCC(NS(=O)C(C)(C)C)C=C2C1. The minimum atomic E-state index is -1.46. The highest BCUT2D eigenvalue weighted by molar-refractivity contribution is 7.84. The Kier molecular flexibility index (Phi) is 5.68. The van der Waals surface area contributed by atoms with Crippen molar-refractivity contribution in [2.45, 2.75) is 44.4 Å². The maximum Gasteiger partial charge on any atom is 0.327 e. The van der Waals surface area contributed by atoms with Crippen LogP contribution in [0.15, 0.2) is 35.5 Å². The van der Waals surface area contributed by atoms with Crippen LogP contribution in [0.2, 0.25) is 0 Å². The van der Waals surface area contributed by atoms with Crippen LogP contribution >= 0.6 is 0 Å². The van der Waals surface area contributed by atoms with E-state index in [1.807, 2.05) is 39.0 Å². The fourth-order valence-corrected chi connectivity index (χ4v) is 3.67. The monoisotopic (exact) mass is 367 g/mol. The van der Waals surface area contributed by atoms with Crippen molar-refractivity contribution in [2.24, 2.45) is 5.41 Å². The minimum absolute atomic E-state index is 0.150. The molecule has 0 spiro atoms. The third kappa shape index (κ3) is 3.93. The van der Waals surface area contributed by atoms with Gasteiger partial charge in [-0.25, -0.2) is 8.93 Å². The van der Waals surface area contributed by atoms with Crippen molar-refractivity contribution < 1.29 is 23.3 Å². The first-order valence-corrected chi connectivity index (χ1v) is 9.24. The number of allylic oxidation sites excluding steroid dienone is 3. The van der Waals surface area contributed by atoms with E-state index in [1.54, 1.807) is 6.08 Å². The van der Waals surface area contributed by atoms with E-state index in [-0.39, 0.29) is 17.2 Å². The van der Waals surface area contributed by atoms with Crippen molar-refractivity contribution >= 4 is 22.9 Å². The molecule has 6 nitrogen and oxygen atoms in total. The van der Waals surface area contributed by atoms with E-state index in [0.717, 1.165) is 11.1 Å². The van der Waals surface area contributed by atoms with E-state index in [2.05, 4.69) is 4.72 Å². The summed E-state index contributed by atoms with van der Waals surface area (Å²) in [7, 11) is 1.28. The molecule has 0 aromatic rings. The minimum Gasteiger partial charge on any atom is -0.468 e. The molecule has 0 amide bonds. The number of hydrogen-bond donors (Lipinski definition) is 1. The molecule has 0 saturated heterocycles. The molecule has 2 aliphatic rings. The third-order valence-corrected chi connectivity index (χ3v) is 5.87. The smallest absolute Gasteiger partial charge is 0.327 e. The standard InChI is InChI=1S/C18H25NO5S/c1-17(2,3)25(22)19-14-8-6-7-12-10-18(15(20)23-4,16(21)24-5)11-13(12)9-14/h6-7,9-10,14,19H,8,11H2,1-5H3. The summed E-state index contributed by atoms with van der Waals surface area (Å²) in [5.74, 6) is -1.28. The number of ether oxygens (including phenoxy) is 2. The summed E-state index contributed by atoms with van der Waals surface area (Å²) in [6.07, 6.45) is 8.20. The lowest BCUT2D eigenvalue weighted by molar-refractivity contribution is -0.164. The van der Waals surface area contributed by atoms with Crippen molar-refractivity contribution in [1.82, 2.24) is 4.72 Å². The molecule has 0 heterocycles. The topological polar surface area (TPSA) is 81.7 Å². The van der Waals surface area contributed by atoms with Crippen LogP contribution in [-0.4, -0.2) is 41.2 Å². The zero-order valence-corrected chi connectivity index (χ0v) is 16.1. The second kappa shape index (κ2) is 7.25. The molecular formula is C18H25NO5S. The summed E-state index contributed by atoms with van der Waals surface area (Å²) in [4.78, 5) is 24.5. The van der Waals surface area contributed by atoms with E-state index < -0.39 is 28.3 Å². The highest BCUT2D eigenvalue weighted by atomic mass is 32.2.